The second kappa shape index (κ2) is 23.9. The average Bonchev–Trinajstić information content (AvgIpc) is 3.91. The van der Waals surface area contributed by atoms with Crippen LogP contribution in [0.3, 0.4) is 0 Å². The second-order valence-corrected chi connectivity index (χ2v) is 20.7. The van der Waals surface area contributed by atoms with Crippen LogP contribution in [0.4, 0.5) is 4.39 Å². The summed E-state index contributed by atoms with van der Waals surface area (Å²) in [6.45, 7) is 1.12. The van der Waals surface area contributed by atoms with E-state index in [9.17, 15) is 53.1 Å². The monoisotopic (exact) mass is 1080 g/mol. The van der Waals surface area contributed by atoms with E-state index in [1.165, 1.54) is 22.8 Å². The number of hydrogen-bond donors (Lipinski definition) is 7. The third-order valence-corrected chi connectivity index (χ3v) is 15.9. The van der Waals surface area contributed by atoms with Gasteiger partial charge in [0, 0.05) is 70.4 Å². The minimum absolute atomic E-state index is 0.0313. The Morgan fingerprint density at radius 2 is 1.58 bits per heavy atom. The molecule has 5 heterocycles. The lowest BCUT2D eigenvalue weighted by Crippen LogP contribution is -2.52. The Bertz CT molecular complexity index is 3150. The van der Waals surface area contributed by atoms with Crippen molar-refractivity contribution in [2.75, 3.05) is 39.5 Å². The first-order chi connectivity index (χ1) is 36.9. The molecule has 406 valence electrons. The fourth-order valence-electron chi connectivity index (χ4n) is 10.3. The number of aliphatic hydroxyl groups is 1. The van der Waals surface area contributed by atoms with E-state index in [2.05, 4.69) is 31.9 Å². The summed E-state index contributed by atoms with van der Waals surface area (Å²) in [5.74, 6) is -5.65. The minimum atomic E-state index is -2.03. The number of imide groups is 1. The van der Waals surface area contributed by atoms with Gasteiger partial charge in [-0.15, -0.1) is 0 Å². The first-order valence-electron chi connectivity index (χ1n) is 25.5. The van der Waals surface area contributed by atoms with Crippen molar-refractivity contribution in [1.82, 2.24) is 46.4 Å². The van der Waals surface area contributed by atoms with Gasteiger partial charge in [0.05, 0.1) is 48.6 Å². The molecule has 1 unspecified atom stereocenters. The molecular weight excluding hydrogens is 1020 g/mol. The highest BCUT2D eigenvalue weighted by Gasteiger charge is 2.46. The molecule has 4 atom stereocenters. The van der Waals surface area contributed by atoms with Crippen LogP contribution in [-0.4, -0.2) is 135 Å². The summed E-state index contributed by atoms with van der Waals surface area (Å²) < 4.78 is 27.9. The quantitative estimate of drug-likeness (QED) is 0.0144. The average molecular weight is 1080 g/mol. The second-order valence-electron chi connectivity index (χ2n) is 19.5. The van der Waals surface area contributed by atoms with Gasteiger partial charge >= 0.3 is 5.97 Å². The number of carbonyl (C=O) groups is 9. The zero-order chi connectivity index (χ0) is 55.1. The Morgan fingerprint density at radius 1 is 0.883 bits per heavy atom. The molecule has 2 aromatic heterocycles. The fraction of sp³-hybridized carbons (Fsp3) is 0.415. The number of rotatable bonds is 22. The third kappa shape index (κ3) is 12.2. The van der Waals surface area contributed by atoms with Crippen molar-refractivity contribution in [3.05, 3.63) is 110 Å². The number of hydrogen-bond acceptors (Lipinski definition) is 14. The van der Waals surface area contributed by atoms with E-state index in [-0.39, 0.29) is 67.4 Å². The molecule has 22 nitrogen and oxygen atoms in total. The maximum atomic E-state index is 15.6. The van der Waals surface area contributed by atoms with Gasteiger partial charge in [-0.2, -0.15) is 0 Å². The summed E-state index contributed by atoms with van der Waals surface area (Å²) in [5.41, 5.74) is 2.28. The number of ether oxygens (including phenoxy) is 2. The SMILES string of the molecule is CC[C@@]1(O)C(=O)OCc2c1cc1n(c2=O)Cc2c-1nc1cc(F)c(C)c3c1c2C([SiH3])[C@@H](NC(=O)COCNC(=O)CNC(=O)[C@H](Cc1ccccc1)NC(=O)CNC(=O)CNC(=O)CCCCCN1C(=O)C=CC1=O)CC3. The molecule has 0 saturated carbocycles. The van der Waals surface area contributed by atoms with Gasteiger partial charge in [0.1, 0.15) is 31.8 Å². The van der Waals surface area contributed by atoms with Gasteiger partial charge < -0.3 is 51.0 Å². The lowest BCUT2D eigenvalue weighted by molar-refractivity contribution is -0.172. The number of amides is 8. The van der Waals surface area contributed by atoms with Crippen molar-refractivity contribution in [3.8, 4) is 11.4 Å². The number of aromatic nitrogens is 2. The highest BCUT2D eigenvalue weighted by Crippen LogP contribution is 2.45. The minimum Gasteiger partial charge on any atom is -0.458 e. The van der Waals surface area contributed by atoms with Crippen molar-refractivity contribution in [2.24, 2.45) is 0 Å². The van der Waals surface area contributed by atoms with Crippen LogP contribution in [0.15, 0.2) is 59.4 Å². The van der Waals surface area contributed by atoms with Crippen LogP contribution in [0.5, 0.6) is 0 Å². The maximum Gasteiger partial charge on any atom is 0.343 e. The molecule has 0 saturated heterocycles. The Labute approximate surface area is 443 Å². The molecule has 0 fully saturated rings. The number of fused-ring (bicyclic) bond motifs is 5. The van der Waals surface area contributed by atoms with E-state index in [4.69, 9.17) is 14.5 Å². The van der Waals surface area contributed by atoms with Gasteiger partial charge in [0.15, 0.2) is 5.60 Å². The summed E-state index contributed by atoms with van der Waals surface area (Å²) in [7, 11) is 0.512. The van der Waals surface area contributed by atoms with Crippen molar-refractivity contribution in [2.45, 2.75) is 102 Å². The number of nitrogens with zero attached hydrogens (tertiary/aromatic N) is 3. The fourth-order valence-corrected chi connectivity index (χ4v) is 11.4. The summed E-state index contributed by atoms with van der Waals surface area (Å²) in [6, 6.07) is 10.2. The van der Waals surface area contributed by atoms with Gasteiger partial charge in [-0.1, -0.05) is 43.7 Å². The molecule has 8 rings (SSSR count). The lowest BCUT2D eigenvalue weighted by Gasteiger charge is -2.31. The molecule has 0 bridgehead atoms. The summed E-state index contributed by atoms with van der Waals surface area (Å²) >= 11 is 0. The van der Waals surface area contributed by atoms with Crippen LogP contribution >= 0.6 is 0 Å². The van der Waals surface area contributed by atoms with Crippen molar-refractivity contribution in [3.63, 3.8) is 0 Å². The predicted octanol–water partition coefficient (Wildman–Crippen LogP) is -0.984. The number of pyridine rings is 2. The summed E-state index contributed by atoms with van der Waals surface area (Å²) in [4.78, 5) is 133. The standard InChI is InChI=1S/C53H60FN9O13Si/c1-3-53(74)33-19-38-48-31(24-63(38)51(72)32(33)25-76-52(53)73)47-46-30(28(2)34(54)20-36(46)61-48)13-14-35(49(47)77)59-43(68)26-75-27-58-41(66)22-57-50(71)37(18-29-10-6-4-7-11-29)60-42(67)23-56-40(65)21-55-39(64)12-8-5-9-17-62-44(69)15-16-45(62)70/h4,6-7,10-11,15-16,19-20,35,37,49,74H,3,5,8-9,12-14,17-18,21-27H2,1-2,77H3,(H,55,64)(H,56,65)(H,57,71)(H,58,66)(H,59,68)(H,60,67)/t35-,37-,49?,53-/m0/s1. The molecule has 0 radical (unpaired) electrons. The van der Waals surface area contributed by atoms with Crippen LogP contribution in [0, 0.1) is 12.7 Å². The van der Waals surface area contributed by atoms with Gasteiger partial charge in [0.2, 0.25) is 35.4 Å². The highest BCUT2D eigenvalue weighted by atomic mass is 28.1. The molecule has 2 aromatic carbocycles. The van der Waals surface area contributed by atoms with Gasteiger partial charge in [-0.05, 0) is 72.9 Å². The lowest BCUT2D eigenvalue weighted by atomic mass is 9.86. The van der Waals surface area contributed by atoms with Crippen molar-refractivity contribution >= 4 is 74.4 Å². The zero-order valence-corrected chi connectivity index (χ0v) is 44.8. The highest BCUT2D eigenvalue weighted by molar-refractivity contribution is 6.16. The van der Waals surface area contributed by atoms with E-state index >= 15 is 4.39 Å². The number of benzene rings is 2. The Balaban J connectivity index is 0.803. The molecule has 1 aliphatic carbocycles. The molecule has 4 aliphatic rings. The van der Waals surface area contributed by atoms with Crippen LogP contribution in [0.25, 0.3) is 22.3 Å². The van der Waals surface area contributed by atoms with Crippen LogP contribution < -0.4 is 37.5 Å². The van der Waals surface area contributed by atoms with E-state index in [1.54, 1.807) is 50.2 Å². The molecule has 77 heavy (non-hydrogen) atoms. The number of halogens is 1. The first-order valence-corrected chi connectivity index (χ1v) is 26.7. The van der Waals surface area contributed by atoms with Crippen LogP contribution in [-0.2, 0) is 84.2 Å². The normalized spacial score (nSPS) is 18.4. The molecule has 7 N–H and O–H groups in total. The number of esters is 1. The van der Waals surface area contributed by atoms with E-state index in [1.807, 2.05) is 0 Å². The van der Waals surface area contributed by atoms with E-state index in [0.717, 1.165) is 27.0 Å². The maximum absolute atomic E-state index is 15.6. The Hall–Kier alpha value is -7.96. The first kappa shape index (κ1) is 55.3. The number of cyclic esters (lactones) is 1. The van der Waals surface area contributed by atoms with Gasteiger partial charge in [-0.3, -0.25) is 48.1 Å². The number of carbonyl (C=O) groups excluding carboxylic acids is 9. The molecular formula is C53H60FN9O13Si. The topological polar surface area (TPSA) is 303 Å². The molecule has 3 aliphatic heterocycles. The molecule has 24 heteroatoms. The predicted molar refractivity (Wildman–Crippen MR) is 277 cm³/mol. The van der Waals surface area contributed by atoms with Crippen molar-refractivity contribution in [1.29, 1.82) is 0 Å². The molecule has 4 aromatic rings. The summed E-state index contributed by atoms with van der Waals surface area (Å²) in [5, 5.41) is 27.7. The largest absolute Gasteiger partial charge is 0.458 e. The smallest absolute Gasteiger partial charge is 0.343 e. The Morgan fingerprint density at radius 3 is 2.32 bits per heavy atom. The van der Waals surface area contributed by atoms with Gasteiger partial charge in [0.25, 0.3) is 17.4 Å². The Kier molecular flexibility index (Phi) is 17.2. The van der Waals surface area contributed by atoms with Crippen LogP contribution in [0.1, 0.15) is 89.9 Å². The zero-order valence-electron chi connectivity index (χ0n) is 42.8. The van der Waals surface area contributed by atoms with E-state index in [0.29, 0.717) is 70.4 Å². The van der Waals surface area contributed by atoms with E-state index < -0.39 is 103 Å². The molecule has 0 spiro atoms. The number of unbranched alkanes of at least 4 members (excludes halogenated alkanes) is 2. The number of aryl methyl sites for hydroxylation is 1. The number of nitrogens with one attached hydrogen (secondary N) is 6. The molecule has 8 amide bonds. The summed E-state index contributed by atoms with van der Waals surface area (Å²) in [6.07, 6.45) is 4.95. The van der Waals surface area contributed by atoms with Gasteiger partial charge in [-0.25, -0.2) is 14.2 Å². The van der Waals surface area contributed by atoms with Crippen LogP contribution in [0.2, 0.25) is 0 Å². The third-order valence-electron chi connectivity index (χ3n) is 14.5. The van der Waals surface area contributed by atoms with Crippen molar-refractivity contribution < 1.29 is 62.1 Å².